The molecule has 0 saturated heterocycles. The molecular formula is C18H23FIN3O. The summed E-state index contributed by atoms with van der Waals surface area (Å²) in [5.41, 5.74) is 1.28. The van der Waals surface area contributed by atoms with Gasteiger partial charge < -0.3 is 15.4 Å². The number of ether oxygens (including phenoxy) is 1. The van der Waals surface area contributed by atoms with Crippen molar-refractivity contribution in [2.24, 2.45) is 4.99 Å². The summed E-state index contributed by atoms with van der Waals surface area (Å²) >= 11 is 0. The number of rotatable bonds is 7. The zero-order valence-electron chi connectivity index (χ0n) is 13.7. The minimum atomic E-state index is -0.297. The number of nitrogens with one attached hydrogen (secondary N) is 2. The Hall–Kier alpha value is -1.83. The standard InChI is InChI=1S/C18H22FN3O.HI/c1-20-18(21-11-10-15-6-3-2-4-7-15)22-12-13-23-17-9-5-8-16(19)14-17;/h2-9,14H,10-13H2,1H3,(H2,20,21,22);1H. The Bertz CT molecular complexity index is 623. The summed E-state index contributed by atoms with van der Waals surface area (Å²) < 4.78 is 18.5. The van der Waals surface area contributed by atoms with Gasteiger partial charge in [0.1, 0.15) is 18.2 Å². The second-order valence-corrected chi connectivity index (χ2v) is 4.97. The predicted octanol–water partition coefficient (Wildman–Crippen LogP) is 3.23. The normalized spacial score (nSPS) is 10.7. The zero-order chi connectivity index (χ0) is 16.3. The molecule has 0 saturated carbocycles. The highest BCUT2D eigenvalue weighted by atomic mass is 127. The van der Waals surface area contributed by atoms with Crippen molar-refractivity contribution in [3.63, 3.8) is 0 Å². The van der Waals surface area contributed by atoms with E-state index in [1.54, 1.807) is 19.2 Å². The van der Waals surface area contributed by atoms with E-state index in [2.05, 4.69) is 27.8 Å². The maximum atomic E-state index is 13.0. The molecule has 24 heavy (non-hydrogen) atoms. The topological polar surface area (TPSA) is 45.7 Å². The molecule has 4 nitrogen and oxygen atoms in total. The lowest BCUT2D eigenvalue weighted by Gasteiger charge is -2.12. The molecule has 0 spiro atoms. The van der Waals surface area contributed by atoms with Crippen LogP contribution >= 0.6 is 24.0 Å². The highest BCUT2D eigenvalue weighted by Gasteiger charge is 1.99. The van der Waals surface area contributed by atoms with Crippen molar-refractivity contribution in [2.45, 2.75) is 6.42 Å². The van der Waals surface area contributed by atoms with E-state index >= 15 is 0 Å². The lowest BCUT2D eigenvalue weighted by Crippen LogP contribution is -2.40. The molecule has 6 heteroatoms. The Morgan fingerprint density at radius 3 is 2.50 bits per heavy atom. The van der Waals surface area contributed by atoms with Crippen molar-refractivity contribution in [1.82, 2.24) is 10.6 Å². The van der Waals surface area contributed by atoms with Gasteiger partial charge in [-0.15, -0.1) is 24.0 Å². The van der Waals surface area contributed by atoms with Gasteiger partial charge in [0.25, 0.3) is 0 Å². The van der Waals surface area contributed by atoms with Crippen molar-refractivity contribution in [1.29, 1.82) is 0 Å². The van der Waals surface area contributed by atoms with Crippen molar-refractivity contribution in [2.75, 3.05) is 26.7 Å². The molecule has 0 bridgehead atoms. The first-order valence-electron chi connectivity index (χ1n) is 7.65. The number of halogens is 2. The molecule has 130 valence electrons. The highest BCUT2D eigenvalue weighted by molar-refractivity contribution is 14.0. The van der Waals surface area contributed by atoms with E-state index < -0.39 is 0 Å². The number of aliphatic imine (C=N–C) groups is 1. The van der Waals surface area contributed by atoms with Gasteiger partial charge in [-0.3, -0.25) is 4.99 Å². The minimum absolute atomic E-state index is 0. The molecule has 0 unspecified atom stereocenters. The van der Waals surface area contributed by atoms with Crippen molar-refractivity contribution < 1.29 is 9.13 Å². The second kappa shape index (κ2) is 11.7. The summed E-state index contributed by atoms with van der Waals surface area (Å²) in [6.45, 7) is 1.82. The molecule has 0 aliphatic rings. The lowest BCUT2D eigenvalue weighted by molar-refractivity contribution is 0.320. The van der Waals surface area contributed by atoms with Crippen LogP contribution in [0.2, 0.25) is 0 Å². The van der Waals surface area contributed by atoms with Crippen LogP contribution in [0.15, 0.2) is 59.6 Å². The number of hydrogen-bond acceptors (Lipinski definition) is 2. The fourth-order valence-corrected chi connectivity index (χ4v) is 2.09. The van der Waals surface area contributed by atoms with Crippen LogP contribution in [-0.4, -0.2) is 32.7 Å². The quantitative estimate of drug-likeness (QED) is 0.299. The van der Waals surface area contributed by atoms with E-state index in [9.17, 15) is 4.39 Å². The molecule has 0 fully saturated rings. The van der Waals surface area contributed by atoms with Crippen LogP contribution in [0.3, 0.4) is 0 Å². The predicted molar refractivity (Wildman–Crippen MR) is 107 cm³/mol. The van der Waals surface area contributed by atoms with E-state index in [-0.39, 0.29) is 29.8 Å². The summed E-state index contributed by atoms with van der Waals surface area (Å²) in [5, 5.41) is 6.41. The van der Waals surface area contributed by atoms with Gasteiger partial charge in [-0.25, -0.2) is 4.39 Å². The van der Waals surface area contributed by atoms with Crippen molar-refractivity contribution >= 4 is 29.9 Å². The molecular weight excluding hydrogens is 420 g/mol. The van der Waals surface area contributed by atoms with Crippen LogP contribution in [0.4, 0.5) is 4.39 Å². The number of nitrogens with zero attached hydrogens (tertiary/aromatic N) is 1. The van der Waals surface area contributed by atoms with Gasteiger partial charge in [-0.05, 0) is 24.1 Å². The largest absolute Gasteiger partial charge is 0.492 e. The summed E-state index contributed by atoms with van der Waals surface area (Å²) in [6.07, 6.45) is 0.932. The van der Waals surface area contributed by atoms with Gasteiger partial charge >= 0.3 is 0 Å². The Balaban J connectivity index is 0.00000288. The molecule has 0 amide bonds. The molecule has 0 aliphatic heterocycles. The molecule has 0 aromatic heterocycles. The fourth-order valence-electron chi connectivity index (χ4n) is 2.09. The van der Waals surface area contributed by atoms with Crippen molar-refractivity contribution in [3.05, 3.63) is 66.0 Å². The average Bonchev–Trinajstić information content (AvgIpc) is 2.58. The minimum Gasteiger partial charge on any atom is -0.492 e. The smallest absolute Gasteiger partial charge is 0.191 e. The van der Waals surface area contributed by atoms with Gasteiger partial charge in [0.15, 0.2) is 5.96 Å². The molecule has 0 aliphatic carbocycles. The van der Waals surface area contributed by atoms with Crippen molar-refractivity contribution in [3.8, 4) is 5.75 Å². The highest BCUT2D eigenvalue weighted by Crippen LogP contribution is 2.11. The molecule has 2 N–H and O–H groups in total. The monoisotopic (exact) mass is 443 g/mol. The third-order valence-corrected chi connectivity index (χ3v) is 3.23. The number of guanidine groups is 1. The Labute approximate surface area is 159 Å². The van der Waals surface area contributed by atoms with Crippen LogP contribution in [0.5, 0.6) is 5.75 Å². The molecule has 0 atom stereocenters. The Morgan fingerprint density at radius 2 is 1.79 bits per heavy atom. The van der Waals surface area contributed by atoms with E-state index in [1.165, 1.54) is 17.7 Å². The molecule has 2 aromatic rings. The van der Waals surface area contributed by atoms with E-state index in [4.69, 9.17) is 4.74 Å². The summed E-state index contributed by atoms with van der Waals surface area (Å²) in [4.78, 5) is 4.16. The van der Waals surface area contributed by atoms with Crippen LogP contribution < -0.4 is 15.4 Å². The van der Waals surface area contributed by atoms with Gasteiger partial charge in [0.05, 0.1) is 6.54 Å². The Kier molecular flexibility index (Phi) is 9.83. The zero-order valence-corrected chi connectivity index (χ0v) is 16.0. The van der Waals surface area contributed by atoms with E-state index in [1.807, 2.05) is 18.2 Å². The molecule has 0 radical (unpaired) electrons. The first-order chi connectivity index (χ1) is 11.3. The second-order valence-electron chi connectivity index (χ2n) is 4.97. The van der Waals surface area contributed by atoms with Gasteiger partial charge in [-0.2, -0.15) is 0 Å². The average molecular weight is 443 g/mol. The SMILES string of the molecule is CN=C(NCCOc1cccc(F)c1)NCCc1ccccc1.I. The van der Waals surface area contributed by atoms with Gasteiger partial charge in [0, 0.05) is 19.7 Å². The number of benzene rings is 2. The third-order valence-electron chi connectivity index (χ3n) is 3.23. The van der Waals surface area contributed by atoms with Gasteiger partial charge in [-0.1, -0.05) is 36.4 Å². The van der Waals surface area contributed by atoms with Crippen LogP contribution in [-0.2, 0) is 6.42 Å². The number of hydrogen-bond donors (Lipinski definition) is 2. The van der Waals surface area contributed by atoms with Crippen LogP contribution in [0, 0.1) is 5.82 Å². The maximum absolute atomic E-state index is 13.0. The maximum Gasteiger partial charge on any atom is 0.191 e. The van der Waals surface area contributed by atoms with Crippen LogP contribution in [0.1, 0.15) is 5.56 Å². The van der Waals surface area contributed by atoms with E-state index in [0.29, 0.717) is 18.9 Å². The summed E-state index contributed by atoms with van der Waals surface area (Å²) in [6, 6.07) is 16.4. The fraction of sp³-hybridized carbons (Fsp3) is 0.278. The van der Waals surface area contributed by atoms with Gasteiger partial charge in [0.2, 0.25) is 0 Å². The molecule has 2 aromatic carbocycles. The summed E-state index contributed by atoms with van der Waals surface area (Å²) in [7, 11) is 1.73. The van der Waals surface area contributed by atoms with E-state index in [0.717, 1.165) is 18.9 Å². The molecule has 2 rings (SSSR count). The molecule has 0 heterocycles. The lowest BCUT2D eigenvalue weighted by atomic mass is 10.1. The Morgan fingerprint density at radius 1 is 1.04 bits per heavy atom. The third kappa shape index (κ3) is 7.63. The first kappa shape index (κ1) is 20.2. The summed E-state index contributed by atoms with van der Waals surface area (Å²) in [5.74, 6) is 0.955. The van der Waals surface area contributed by atoms with Crippen LogP contribution in [0.25, 0.3) is 0 Å². The first-order valence-corrected chi connectivity index (χ1v) is 7.65.